The number of benzene rings is 3. The Hall–Kier alpha value is -2.07. The van der Waals surface area contributed by atoms with Gasteiger partial charge in [0.2, 0.25) is 5.91 Å². The summed E-state index contributed by atoms with van der Waals surface area (Å²) in [6, 6.07) is 19.7. The normalized spacial score (nSPS) is 17.6. The minimum absolute atomic E-state index is 0.0289. The van der Waals surface area contributed by atoms with Crippen molar-refractivity contribution >= 4 is 45.6 Å². The second-order valence-electron chi connectivity index (χ2n) is 7.33. The molecular formula is C23H22Cl2N2O. The zero-order chi connectivity index (χ0) is 19.5. The molecule has 4 rings (SSSR count). The lowest BCUT2D eigenvalue weighted by Gasteiger charge is -2.32. The highest BCUT2D eigenvalue weighted by Crippen LogP contribution is 2.27. The van der Waals surface area contributed by atoms with E-state index in [0.29, 0.717) is 10.0 Å². The first-order chi connectivity index (χ1) is 13.6. The topological polar surface area (TPSA) is 32.3 Å². The maximum atomic E-state index is 12.9. The summed E-state index contributed by atoms with van der Waals surface area (Å²) < 4.78 is 0. The molecule has 1 amide bonds. The van der Waals surface area contributed by atoms with Gasteiger partial charge in [0.05, 0.1) is 5.92 Å². The van der Waals surface area contributed by atoms with Gasteiger partial charge in [-0.25, -0.2) is 0 Å². The van der Waals surface area contributed by atoms with E-state index in [1.165, 1.54) is 0 Å². The number of nitrogens with zero attached hydrogens (tertiary/aromatic N) is 1. The molecule has 1 atom stereocenters. The van der Waals surface area contributed by atoms with Crippen LogP contribution in [0.4, 0.5) is 5.69 Å². The van der Waals surface area contributed by atoms with Gasteiger partial charge < -0.3 is 5.32 Å². The summed E-state index contributed by atoms with van der Waals surface area (Å²) in [6.07, 6.45) is 1.90. The predicted octanol–water partition coefficient (Wildman–Crippen LogP) is 6.00. The van der Waals surface area contributed by atoms with Crippen molar-refractivity contribution in [3.05, 3.63) is 76.3 Å². The van der Waals surface area contributed by atoms with E-state index in [4.69, 9.17) is 23.2 Å². The minimum Gasteiger partial charge on any atom is -0.325 e. The fourth-order valence-electron chi connectivity index (χ4n) is 3.87. The first-order valence-corrected chi connectivity index (χ1v) is 10.3. The van der Waals surface area contributed by atoms with Crippen molar-refractivity contribution in [1.82, 2.24) is 4.90 Å². The van der Waals surface area contributed by atoms with Gasteiger partial charge in [0.25, 0.3) is 0 Å². The van der Waals surface area contributed by atoms with Gasteiger partial charge in [0.15, 0.2) is 0 Å². The van der Waals surface area contributed by atoms with Crippen molar-refractivity contribution in [2.75, 3.05) is 18.4 Å². The Balaban J connectivity index is 1.44. The zero-order valence-electron chi connectivity index (χ0n) is 15.5. The largest absolute Gasteiger partial charge is 0.325 e. The highest BCUT2D eigenvalue weighted by atomic mass is 35.5. The van der Waals surface area contributed by atoms with E-state index in [1.807, 2.05) is 42.5 Å². The molecule has 5 heteroatoms. The first-order valence-electron chi connectivity index (χ1n) is 9.55. The average molecular weight is 413 g/mol. The standard InChI is InChI=1S/C23H22Cl2N2O/c24-19-11-10-17(21(25)13-19)14-27-12-4-7-18(15-27)23(28)26-22-9-3-6-16-5-1-2-8-20(16)22/h1-3,5-6,8-11,13,18H,4,7,12,14-15H2,(H,26,28)/t18-/m1/s1. The van der Waals surface area contributed by atoms with Gasteiger partial charge in [0, 0.05) is 34.2 Å². The van der Waals surface area contributed by atoms with Gasteiger partial charge in [-0.05, 0) is 48.5 Å². The third-order valence-corrected chi connectivity index (χ3v) is 5.92. The molecule has 3 nitrogen and oxygen atoms in total. The van der Waals surface area contributed by atoms with Crippen LogP contribution < -0.4 is 5.32 Å². The molecule has 0 saturated carbocycles. The van der Waals surface area contributed by atoms with Gasteiger partial charge in [-0.2, -0.15) is 0 Å². The van der Waals surface area contributed by atoms with Crippen molar-refractivity contribution in [3.8, 4) is 0 Å². The maximum absolute atomic E-state index is 12.9. The minimum atomic E-state index is -0.0289. The molecule has 0 aromatic heterocycles. The third-order valence-electron chi connectivity index (χ3n) is 5.33. The van der Waals surface area contributed by atoms with E-state index in [0.717, 1.165) is 54.5 Å². The number of likely N-dealkylation sites (tertiary alicyclic amines) is 1. The summed E-state index contributed by atoms with van der Waals surface area (Å²) in [5.41, 5.74) is 1.92. The summed E-state index contributed by atoms with van der Waals surface area (Å²) in [7, 11) is 0. The monoisotopic (exact) mass is 412 g/mol. The van der Waals surface area contributed by atoms with E-state index in [9.17, 15) is 4.79 Å². The quantitative estimate of drug-likeness (QED) is 0.569. The zero-order valence-corrected chi connectivity index (χ0v) is 17.0. The summed E-state index contributed by atoms with van der Waals surface area (Å²) in [6.45, 7) is 2.43. The fourth-order valence-corrected chi connectivity index (χ4v) is 4.34. The predicted molar refractivity (Wildman–Crippen MR) is 117 cm³/mol. The molecule has 1 aliphatic heterocycles. The maximum Gasteiger partial charge on any atom is 0.228 e. The Labute approximate surface area is 175 Å². The number of halogens is 2. The van der Waals surface area contributed by atoms with Crippen LogP contribution in [-0.4, -0.2) is 23.9 Å². The molecule has 0 aliphatic carbocycles. The van der Waals surface area contributed by atoms with Crippen LogP contribution in [0, 0.1) is 5.92 Å². The van der Waals surface area contributed by atoms with E-state index in [-0.39, 0.29) is 11.8 Å². The molecule has 1 aliphatic rings. The van der Waals surface area contributed by atoms with Gasteiger partial charge in [-0.3, -0.25) is 9.69 Å². The number of hydrogen-bond acceptors (Lipinski definition) is 2. The van der Waals surface area contributed by atoms with Crippen molar-refractivity contribution < 1.29 is 4.79 Å². The lowest BCUT2D eigenvalue weighted by molar-refractivity contribution is -0.121. The summed E-state index contributed by atoms with van der Waals surface area (Å²) in [4.78, 5) is 15.2. The highest BCUT2D eigenvalue weighted by molar-refractivity contribution is 6.35. The van der Waals surface area contributed by atoms with Crippen LogP contribution in [-0.2, 0) is 11.3 Å². The van der Waals surface area contributed by atoms with Crippen LogP contribution in [0.5, 0.6) is 0 Å². The second-order valence-corrected chi connectivity index (χ2v) is 8.17. The Morgan fingerprint density at radius 2 is 1.89 bits per heavy atom. The Morgan fingerprint density at radius 1 is 1.07 bits per heavy atom. The molecule has 1 saturated heterocycles. The lowest BCUT2D eigenvalue weighted by atomic mass is 9.96. The van der Waals surface area contributed by atoms with E-state index < -0.39 is 0 Å². The van der Waals surface area contributed by atoms with E-state index in [2.05, 4.69) is 22.3 Å². The van der Waals surface area contributed by atoms with Crippen molar-refractivity contribution in [2.45, 2.75) is 19.4 Å². The number of fused-ring (bicyclic) bond motifs is 1. The molecule has 0 unspecified atom stereocenters. The van der Waals surface area contributed by atoms with Gasteiger partial charge in [-0.15, -0.1) is 0 Å². The van der Waals surface area contributed by atoms with Crippen molar-refractivity contribution in [2.24, 2.45) is 5.92 Å². The molecule has 28 heavy (non-hydrogen) atoms. The average Bonchev–Trinajstić information content (AvgIpc) is 2.71. The number of nitrogens with one attached hydrogen (secondary N) is 1. The molecular weight excluding hydrogens is 391 g/mol. The van der Waals surface area contributed by atoms with Crippen LogP contribution in [0.25, 0.3) is 10.8 Å². The molecule has 3 aromatic carbocycles. The smallest absolute Gasteiger partial charge is 0.228 e. The van der Waals surface area contributed by atoms with E-state index >= 15 is 0 Å². The number of carbonyl (C=O) groups excluding carboxylic acids is 1. The Bertz CT molecular complexity index is 1000. The van der Waals surface area contributed by atoms with Gasteiger partial charge >= 0.3 is 0 Å². The van der Waals surface area contributed by atoms with Crippen molar-refractivity contribution in [3.63, 3.8) is 0 Å². The molecule has 144 valence electrons. The van der Waals surface area contributed by atoms with Crippen LogP contribution in [0.1, 0.15) is 18.4 Å². The third kappa shape index (κ3) is 4.33. The SMILES string of the molecule is O=C(Nc1cccc2ccccc12)[C@@H]1CCCN(Cc2ccc(Cl)cc2Cl)C1. The van der Waals surface area contributed by atoms with Crippen LogP contribution in [0.3, 0.4) is 0 Å². The van der Waals surface area contributed by atoms with E-state index in [1.54, 1.807) is 6.07 Å². The number of hydrogen-bond donors (Lipinski definition) is 1. The first kappa shape index (κ1) is 19.3. The fraction of sp³-hybridized carbons (Fsp3) is 0.261. The van der Waals surface area contributed by atoms with Gasteiger partial charge in [0.1, 0.15) is 0 Å². The molecule has 0 bridgehead atoms. The molecule has 0 spiro atoms. The Kier molecular flexibility index (Phi) is 5.86. The van der Waals surface area contributed by atoms with Crippen LogP contribution >= 0.6 is 23.2 Å². The number of piperidine rings is 1. The number of anilines is 1. The van der Waals surface area contributed by atoms with Crippen LogP contribution in [0.2, 0.25) is 10.0 Å². The number of carbonyl (C=O) groups is 1. The van der Waals surface area contributed by atoms with Crippen LogP contribution in [0.15, 0.2) is 60.7 Å². The summed E-state index contributed by atoms with van der Waals surface area (Å²) in [5.74, 6) is 0.0575. The molecule has 1 N–H and O–H groups in total. The molecule has 1 fully saturated rings. The lowest BCUT2D eigenvalue weighted by Crippen LogP contribution is -2.40. The van der Waals surface area contributed by atoms with Gasteiger partial charge in [-0.1, -0.05) is 65.7 Å². The molecule has 1 heterocycles. The molecule has 0 radical (unpaired) electrons. The Morgan fingerprint density at radius 3 is 2.75 bits per heavy atom. The highest BCUT2D eigenvalue weighted by Gasteiger charge is 2.26. The molecule has 3 aromatic rings. The van der Waals surface area contributed by atoms with Crippen molar-refractivity contribution in [1.29, 1.82) is 0 Å². The second kappa shape index (κ2) is 8.52. The number of rotatable bonds is 4. The number of amides is 1. The summed E-state index contributed by atoms with van der Waals surface area (Å²) >= 11 is 12.3. The summed E-state index contributed by atoms with van der Waals surface area (Å²) in [5, 5.41) is 6.66.